The van der Waals surface area contributed by atoms with Gasteiger partial charge < -0.3 is 15.2 Å². The van der Waals surface area contributed by atoms with Crippen molar-refractivity contribution in [2.24, 2.45) is 0 Å². The van der Waals surface area contributed by atoms with Crippen LogP contribution >= 0.6 is 0 Å². The molecule has 0 fully saturated rings. The van der Waals surface area contributed by atoms with Gasteiger partial charge in [0.2, 0.25) is 5.91 Å². The molecule has 0 unspecified atom stereocenters. The van der Waals surface area contributed by atoms with E-state index >= 15 is 0 Å². The molecule has 0 bridgehead atoms. The van der Waals surface area contributed by atoms with Crippen molar-refractivity contribution in [2.75, 3.05) is 6.61 Å². The predicted molar refractivity (Wildman–Crippen MR) is 81.8 cm³/mol. The first-order valence-electron chi connectivity index (χ1n) is 6.92. The maximum absolute atomic E-state index is 11.7. The number of hydrogen-bond acceptors (Lipinski definition) is 3. The molecular weight excluding hydrogens is 282 g/mol. The Bertz CT molecular complexity index is 640. The molecule has 2 rings (SSSR count). The first-order valence-corrected chi connectivity index (χ1v) is 6.92. The predicted octanol–water partition coefficient (Wildman–Crippen LogP) is 2.47. The second kappa shape index (κ2) is 7.83. The van der Waals surface area contributed by atoms with Gasteiger partial charge in [0.05, 0.1) is 18.6 Å². The molecule has 0 aliphatic rings. The monoisotopic (exact) mass is 299 g/mol. The van der Waals surface area contributed by atoms with Crippen LogP contribution < -0.4 is 10.1 Å². The molecule has 22 heavy (non-hydrogen) atoms. The van der Waals surface area contributed by atoms with E-state index in [9.17, 15) is 9.59 Å². The van der Waals surface area contributed by atoms with Crippen molar-refractivity contribution in [1.29, 1.82) is 0 Å². The van der Waals surface area contributed by atoms with E-state index in [1.165, 1.54) is 6.07 Å². The van der Waals surface area contributed by atoms with Gasteiger partial charge in [0.25, 0.3) is 0 Å². The van der Waals surface area contributed by atoms with Gasteiger partial charge in [-0.05, 0) is 29.8 Å². The Balaban J connectivity index is 1.73. The van der Waals surface area contributed by atoms with Gasteiger partial charge in [0.1, 0.15) is 5.75 Å². The molecule has 0 aliphatic heterocycles. The van der Waals surface area contributed by atoms with Crippen molar-refractivity contribution in [3.8, 4) is 5.75 Å². The zero-order valence-electron chi connectivity index (χ0n) is 12.0. The summed E-state index contributed by atoms with van der Waals surface area (Å²) in [5, 5.41) is 11.6. The number of benzene rings is 2. The third-order valence-corrected chi connectivity index (χ3v) is 3.00. The smallest absolute Gasteiger partial charge is 0.335 e. The lowest BCUT2D eigenvalue weighted by Gasteiger charge is -2.07. The number of carbonyl (C=O) groups is 2. The molecule has 114 valence electrons. The molecule has 0 saturated carbocycles. The average Bonchev–Trinajstić information content (AvgIpc) is 2.54. The van der Waals surface area contributed by atoms with E-state index in [2.05, 4.69) is 5.32 Å². The van der Waals surface area contributed by atoms with Crippen molar-refractivity contribution in [3.05, 3.63) is 65.7 Å². The fraction of sp³-hybridized carbons (Fsp3) is 0.176. The van der Waals surface area contributed by atoms with Gasteiger partial charge in [0.15, 0.2) is 0 Å². The zero-order valence-corrected chi connectivity index (χ0v) is 12.0. The van der Waals surface area contributed by atoms with Gasteiger partial charge >= 0.3 is 5.97 Å². The minimum Gasteiger partial charge on any atom is -0.493 e. The van der Waals surface area contributed by atoms with Crippen LogP contribution in [0.2, 0.25) is 0 Å². The average molecular weight is 299 g/mol. The Hall–Kier alpha value is -2.82. The third kappa shape index (κ3) is 4.94. The number of hydrogen-bond donors (Lipinski definition) is 2. The van der Waals surface area contributed by atoms with E-state index < -0.39 is 5.97 Å². The van der Waals surface area contributed by atoms with Crippen LogP contribution in [0.25, 0.3) is 0 Å². The lowest BCUT2D eigenvalue weighted by atomic mass is 10.1. The zero-order chi connectivity index (χ0) is 15.8. The van der Waals surface area contributed by atoms with Gasteiger partial charge in [-0.25, -0.2) is 4.79 Å². The maximum atomic E-state index is 11.7. The van der Waals surface area contributed by atoms with Gasteiger partial charge in [-0.1, -0.05) is 30.3 Å². The number of rotatable bonds is 7. The van der Waals surface area contributed by atoms with Crippen LogP contribution in [0.3, 0.4) is 0 Å². The highest BCUT2D eigenvalue weighted by Crippen LogP contribution is 2.08. The number of nitrogens with one attached hydrogen (secondary N) is 1. The van der Waals surface area contributed by atoms with E-state index in [1.54, 1.807) is 18.2 Å². The molecule has 2 N–H and O–H groups in total. The summed E-state index contributed by atoms with van der Waals surface area (Å²) in [4.78, 5) is 22.6. The number of aromatic carboxylic acids is 1. The second-order valence-corrected chi connectivity index (χ2v) is 4.69. The van der Waals surface area contributed by atoms with Crippen LogP contribution in [0.4, 0.5) is 0 Å². The Kier molecular flexibility index (Phi) is 5.54. The molecule has 0 spiro atoms. The first kappa shape index (κ1) is 15.6. The number of amides is 1. The largest absolute Gasteiger partial charge is 0.493 e. The van der Waals surface area contributed by atoms with E-state index in [4.69, 9.17) is 9.84 Å². The normalized spacial score (nSPS) is 10.0. The van der Waals surface area contributed by atoms with E-state index in [0.29, 0.717) is 13.2 Å². The fourth-order valence-electron chi connectivity index (χ4n) is 1.88. The van der Waals surface area contributed by atoms with E-state index in [-0.39, 0.29) is 17.9 Å². The molecule has 2 aromatic carbocycles. The van der Waals surface area contributed by atoms with Crippen LogP contribution in [0, 0.1) is 0 Å². The van der Waals surface area contributed by atoms with Gasteiger partial charge in [-0.2, -0.15) is 0 Å². The standard InChI is InChI=1S/C17H17NO4/c19-16(9-10-22-15-7-2-1-3-8-15)18-12-13-5-4-6-14(11-13)17(20)21/h1-8,11H,9-10,12H2,(H,18,19)(H,20,21). The summed E-state index contributed by atoms with van der Waals surface area (Å²) in [7, 11) is 0. The minimum atomic E-state index is -0.982. The highest BCUT2D eigenvalue weighted by Gasteiger charge is 2.05. The van der Waals surface area contributed by atoms with E-state index in [1.807, 2.05) is 30.3 Å². The quantitative estimate of drug-likeness (QED) is 0.823. The number of ether oxygens (including phenoxy) is 1. The second-order valence-electron chi connectivity index (χ2n) is 4.69. The summed E-state index contributed by atoms with van der Waals surface area (Å²) < 4.78 is 5.44. The first-order chi connectivity index (χ1) is 10.6. The van der Waals surface area contributed by atoms with Gasteiger partial charge in [0, 0.05) is 6.54 Å². The number of carboxylic acids is 1. The summed E-state index contributed by atoms with van der Waals surface area (Å²) in [6.45, 7) is 0.594. The van der Waals surface area contributed by atoms with Gasteiger partial charge in [-0.3, -0.25) is 4.79 Å². The Labute approximate surface area is 128 Å². The highest BCUT2D eigenvalue weighted by molar-refractivity contribution is 5.87. The third-order valence-electron chi connectivity index (χ3n) is 3.00. The Morgan fingerprint density at radius 2 is 1.82 bits per heavy atom. The molecular formula is C17H17NO4. The number of para-hydroxylation sites is 1. The number of carboxylic acid groups (broad SMARTS) is 1. The molecule has 0 aliphatic carbocycles. The molecule has 0 atom stereocenters. The number of carbonyl (C=O) groups excluding carboxylic acids is 1. The van der Waals surface area contributed by atoms with Crippen LogP contribution in [0.5, 0.6) is 5.75 Å². The molecule has 2 aromatic rings. The summed E-state index contributed by atoms with van der Waals surface area (Å²) in [6, 6.07) is 15.8. The SMILES string of the molecule is O=C(CCOc1ccccc1)NCc1cccc(C(=O)O)c1. The van der Waals surface area contributed by atoms with Crippen molar-refractivity contribution >= 4 is 11.9 Å². The van der Waals surface area contributed by atoms with Crippen LogP contribution in [-0.4, -0.2) is 23.6 Å². The molecule has 0 aromatic heterocycles. The fourth-order valence-corrected chi connectivity index (χ4v) is 1.88. The summed E-state index contributed by atoms with van der Waals surface area (Å²) >= 11 is 0. The molecule has 5 nitrogen and oxygen atoms in total. The summed E-state index contributed by atoms with van der Waals surface area (Å²) in [5.41, 5.74) is 0.955. The minimum absolute atomic E-state index is 0.142. The Morgan fingerprint density at radius 3 is 2.55 bits per heavy atom. The molecule has 0 radical (unpaired) electrons. The molecule has 0 heterocycles. The van der Waals surface area contributed by atoms with Crippen molar-refractivity contribution in [2.45, 2.75) is 13.0 Å². The van der Waals surface area contributed by atoms with Gasteiger partial charge in [-0.15, -0.1) is 0 Å². The maximum Gasteiger partial charge on any atom is 0.335 e. The topological polar surface area (TPSA) is 75.6 Å². The van der Waals surface area contributed by atoms with Crippen LogP contribution in [-0.2, 0) is 11.3 Å². The molecule has 1 amide bonds. The van der Waals surface area contributed by atoms with E-state index in [0.717, 1.165) is 11.3 Å². The van der Waals surface area contributed by atoms with Crippen LogP contribution in [0.1, 0.15) is 22.3 Å². The molecule has 0 saturated heterocycles. The lowest BCUT2D eigenvalue weighted by molar-refractivity contribution is -0.121. The lowest BCUT2D eigenvalue weighted by Crippen LogP contribution is -2.24. The van der Waals surface area contributed by atoms with Crippen molar-refractivity contribution in [1.82, 2.24) is 5.32 Å². The summed E-state index contributed by atoms with van der Waals surface area (Å²) in [5.74, 6) is -0.398. The Morgan fingerprint density at radius 1 is 1.05 bits per heavy atom. The van der Waals surface area contributed by atoms with Crippen molar-refractivity contribution < 1.29 is 19.4 Å². The van der Waals surface area contributed by atoms with Crippen LogP contribution in [0.15, 0.2) is 54.6 Å². The summed E-state index contributed by atoms with van der Waals surface area (Å²) in [6.07, 6.45) is 0.244. The van der Waals surface area contributed by atoms with Crippen molar-refractivity contribution in [3.63, 3.8) is 0 Å². The molecule has 5 heteroatoms. The highest BCUT2D eigenvalue weighted by atomic mass is 16.5.